The zero-order chi connectivity index (χ0) is 27.9. The molecule has 8 nitrogen and oxygen atoms in total. The summed E-state index contributed by atoms with van der Waals surface area (Å²) >= 11 is 6.06. The largest absolute Gasteiger partial charge is 0.388 e. The van der Waals surface area contributed by atoms with Gasteiger partial charge < -0.3 is 10.4 Å². The number of aromatic nitrogens is 4. The van der Waals surface area contributed by atoms with Crippen molar-refractivity contribution in [3.63, 3.8) is 0 Å². The molecule has 1 aliphatic rings. The summed E-state index contributed by atoms with van der Waals surface area (Å²) in [6.07, 6.45) is 5.85. The van der Waals surface area contributed by atoms with E-state index in [1.807, 2.05) is 55.5 Å². The van der Waals surface area contributed by atoms with E-state index in [1.165, 1.54) is 37.7 Å². The molecular formula is C31H35ClN6O2. The van der Waals surface area contributed by atoms with Crippen molar-refractivity contribution in [1.82, 2.24) is 25.9 Å². The predicted octanol–water partition coefficient (Wildman–Crippen LogP) is 6.65. The quantitative estimate of drug-likeness (QED) is 0.213. The van der Waals surface area contributed by atoms with Crippen molar-refractivity contribution in [2.75, 3.05) is 4.90 Å². The highest BCUT2D eigenvalue weighted by Crippen LogP contribution is 2.33. The van der Waals surface area contributed by atoms with Gasteiger partial charge >= 0.3 is 6.03 Å². The summed E-state index contributed by atoms with van der Waals surface area (Å²) in [6, 6.07) is 23.2. The Morgan fingerprint density at radius 3 is 2.33 bits per heavy atom. The maximum absolute atomic E-state index is 13.7. The number of hydrogen-bond donors (Lipinski definition) is 3. The monoisotopic (exact) mass is 558 g/mol. The van der Waals surface area contributed by atoms with E-state index >= 15 is 0 Å². The molecular weight excluding hydrogens is 524 g/mol. The van der Waals surface area contributed by atoms with Crippen LogP contribution in [0.15, 0.2) is 72.8 Å². The fraction of sp³-hybridized carbons (Fsp3) is 0.355. The molecule has 0 spiro atoms. The number of rotatable bonds is 9. The molecule has 3 N–H and O–H groups in total. The maximum Gasteiger partial charge on any atom is 0.322 e. The molecule has 4 aromatic rings. The van der Waals surface area contributed by atoms with Crippen LogP contribution in [0.2, 0.25) is 5.02 Å². The maximum atomic E-state index is 13.7. The number of carbonyl (C=O) groups excluding carboxylic acids is 1. The molecule has 1 fully saturated rings. The summed E-state index contributed by atoms with van der Waals surface area (Å²) in [4.78, 5) is 15.4. The van der Waals surface area contributed by atoms with Gasteiger partial charge in [-0.2, -0.15) is 5.21 Å². The molecule has 0 aliphatic heterocycles. The van der Waals surface area contributed by atoms with Gasteiger partial charge in [-0.15, -0.1) is 10.2 Å². The minimum atomic E-state index is -0.751. The van der Waals surface area contributed by atoms with E-state index < -0.39 is 6.10 Å². The zero-order valence-electron chi connectivity index (χ0n) is 22.6. The molecule has 9 heteroatoms. The topological polar surface area (TPSA) is 107 Å². The molecule has 1 aromatic heterocycles. The second-order valence-electron chi connectivity index (χ2n) is 10.5. The van der Waals surface area contributed by atoms with E-state index in [9.17, 15) is 9.90 Å². The number of halogens is 1. The average Bonchev–Trinajstić information content (AvgIpc) is 3.50. The third-order valence-electron chi connectivity index (χ3n) is 7.71. The lowest BCUT2D eigenvalue weighted by Gasteiger charge is -2.27. The molecule has 0 radical (unpaired) electrons. The Morgan fingerprint density at radius 1 is 1.00 bits per heavy atom. The molecule has 2 amide bonds. The molecule has 208 valence electrons. The molecule has 3 aromatic carbocycles. The second-order valence-corrected chi connectivity index (χ2v) is 11.0. The van der Waals surface area contributed by atoms with Gasteiger partial charge in [-0.25, -0.2) is 4.79 Å². The Labute approximate surface area is 239 Å². The molecule has 0 saturated heterocycles. The molecule has 2 atom stereocenters. The van der Waals surface area contributed by atoms with Crippen LogP contribution in [0.3, 0.4) is 0 Å². The van der Waals surface area contributed by atoms with E-state index in [1.54, 1.807) is 4.90 Å². The lowest BCUT2D eigenvalue weighted by molar-refractivity contribution is 0.176. The molecule has 0 bridgehead atoms. The standard InChI is InChI=1S/C31H35ClN6O2/c1-21(23-11-15-27(32)16-12-23)33-31(40)38(28-17-13-25(14-18-28)24-5-3-2-4-6-24)20-22-7-9-26(10-8-22)29(39)19-30-34-36-37-35-30/h7-18,21,24,29,39H,2-6,19-20H2,1H3,(H,33,40)(H,34,35,36,37)/t21-,29-/m1/s1. The number of benzene rings is 3. The van der Waals surface area contributed by atoms with Crippen molar-refractivity contribution in [2.45, 2.75) is 70.1 Å². The van der Waals surface area contributed by atoms with Gasteiger partial charge in [-0.1, -0.05) is 84.6 Å². The van der Waals surface area contributed by atoms with E-state index in [2.05, 4.69) is 50.2 Å². The number of anilines is 1. The normalized spacial score (nSPS) is 15.4. The minimum absolute atomic E-state index is 0.186. The van der Waals surface area contributed by atoms with Crippen LogP contribution in [0.5, 0.6) is 0 Å². The number of tetrazole rings is 1. The van der Waals surface area contributed by atoms with Crippen LogP contribution in [0, 0.1) is 0 Å². The van der Waals surface area contributed by atoms with Gasteiger partial charge in [0.15, 0.2) is 5.82 Å². The lowest BCUT2D eigenvalue weighted by Crippen LogP contribution is -2.40. The molecule has 0 unspecified atom stereocenters. The number of nitrogens with one attached hydrogen (secondary N) is 2. The SMILES string of the molecule is C[C@@H](NC(=O)N(Cc1ccc([C@H](O)Cc2nn[nH]n2)cc1)c1ccc(C2CCCCC2)cc1)c1ccc(Cl)cc1. The first-order valence-electron chi connectivity index (χ1n) is 13.9. The predicted molar refractivity (Wildman–Crippen MR) is 156 cm³/mol. The number of aliphatic hydroxyl groups is 1. The van der Waals surface area contributed by atoms with Crippen LogP contribution in [0.4, 0.5) is 10.5 Å². The van der Waals surface area contributed by atoms with Crippen LogP contribution < -0.4 is 10.2 Å². The fourth-order valence-corrected chi connectivity index (χ4v) is 5.45. The van der Waals surface area contributed by atoms with Gasteiger partial charge in [0.05, 0.1) is 18.7 Å². The zero-order valence-corrected chi connectivity index (χ0v) is 23.4. The summed E-state index contributed by atoms with van der Waals surface area (Å²) in [5, 5.41) is 28.2. The smallest absolute Gasteiger partial charge is 0.322 e. The average molecular weight is 559 g/mol. The Balaban J connectivity index is 1.33. The minimum Gasteiger partial charge on any atom is -0.388 e. The van der Waals surface area contributed by atoms with Crippen molar-refractivity contribution in [2.24, 2.45) is 0 Å². The number of hydrogen-bond acceptors (Lipinski definition) is 5. The van der Waals surface area contributed by atoms with Gasteiger partial charge in [0.2, 0.25) is 0 Å². The number of carbonyl (C=O) groups is 1. The van der Waals surface area contributed by atoms with Crippen molar-refractivity contribution in [1.29, 1.82) is 0 Å². The number of aromatic amines is 1. The summed E-state index contributed by atoms with van der Waals surface area (Å²) in [5.74, 6) is 1.05. The number of amides is 2. The Kier molecular flexibility index (Phi) is 9.08. The van der Waals surface area contributed by atoms with E-state index in [-0.39, 0.29) is 18.5 Å². The van der Waals surface area contributed by atoms with Crippen LogP contribution in [0.1, 0.15) is 85.2 Å². The van der Waals surface area contributed by atoms with Crippen molar-refractivity contribution >= 4 is 23.3 Å². The Bertz CT molecular complexity index is 1350. The number of urea groups is 1. The first-order chi connectivity index (χ1) is 19.5. The molecule has 1 heterocycles. The van der Waals surface area contributed by atoms with Crippen molar-refractivity contribution in [3.8, 4) is 0 Å². The number of aliphatic hydroxyl groups excluding tert-OH is 1. The Hall–Kier alpha value is -3.75. The van der Waals surface area contributed by atoms with E-state index in [0.717, 1.165) is 22.4 Å². The molecule has 1 saturated carbocycles. The van der Waals surface area contributed by atoms with Gasteiger partial charge in [0.25, 0.3) is 0 Å². The van der Waals surface area contributed by atoms with Crippen molar-refractivity contribution < 1.29 is 9.90 Å². The van der Waals surface area contributed by atoms with Crippen LogP contribution in [-0.2, 0) is 13.0 Å². The first-order valence-corrected chi connectivity index (χ1v) is 14.3. The summed E-state index contributed by atoms with van der Waals surface area (Å²) in [5.41, 5.74) is 4.85. The molecule has 40 heavy (non-hydrogen) atoms. The number of nitrogens with zero attached hydrogens (tertiary/aromatic N) is 4. The molecule has 5 rings (SSSR count). The van der Waals surface area contributed by atoms with Crippen molar-refractivity contribution in [3.05, 3.63) is 106 Å². The highest BCUT2D eigenvalue weighted by molar-refractivity contribution is 6.30. The van der Waals surface area contributed by atoms with E-state index in [0.29, 0.717) is 23.3 Å². The third-order valence-corrected chi connectivity index (χ3v) is 7.96. The number of H-pyrrole nitrogens is 1. The first kappa shape index (κ1) is 27.8. The Morgan fingerprint density at radius 2 is 1.68 bits per heavy atom. The van der Waals surface area contributed by atoms with Crippen LogP contribution >= 0.6 is 11.6 Å². The molecule has 1 aliphatic carbocycles. The highest BCUT2D eigenvalue weighted by atomic mass is 35.5. The van der Waals surface area contributed by atoms with Crippen LogP contribution in [0.25, 0.3) is 0 Å². The summed E-state index contributed by atoms with van der Waals surface area (Å²) in [7, 11) is 0. The van der Waals surface area contributed by atoms with Gasteiger partial charge in [0.1, 0.15) is 0 Å². The summed E-state index contributed by atoms with van der Waals surface area (Å²) < 4.78 is 0. The third kappa shape index (κ3) is 7.06. The van der Waals surface area contributed by atoms with Gasteiger partial charge in [0, 0.05) is 17.1 Å². The van der Waals surface area contributed by atoms with E-state index in [4.69, 9.17) is 11.6 Å². The van der Waals surface area contributed by atoms with Gasteiger partial charge in [-0.05, 0) is 72.2 Å². The second kappa shape index (κ2) is 13.1. The highest BCUT2D eigenvalue weighted by Gasteiger charge is 2.21. The fourth-order valence-electron chi connectivity index (χ4n) is 5.33. The lowest BCUT2D eigenvalue weighted by atomic mass is 9.84. The van der Waals surface area contributed by atoms with Gasteiger partial charge in [-0.3, -0.25) is 4.90 Å². The van der Waals surface area contributed by atoms with Crippen LogP contribution in [-0.4, -0.2) is 31.8 Å². The summed E-state index contributed by atoms with van der Waals surface area (Å²) in [6.45, 7) is 2.34.